The Balaban J connectivity index is 1.62. The molecule has 13 heteroatoms. The molecule has 1 fully saturated rings. The van der Waals surface area contributed by atoms with Crippen molar-refractivity contribution in [3.8, 4) is 11.7 Å². The van der Waals surface area contributed by atoms with E-state index < -0.39 is 42.9 Å². The molecule has 34 heavy (non-hydrogen) atoms. The van der Waals surface area contributed by atoms with Crippen LogP contribution >= 0.6 is 11.6 Å². The van der Waals surface area contributed by atoms with E-state index in [1.807, 2.05) is 0 Å². The van der Waals surface area contributed by atoms with E-state index in [1.54, 1.807) is 6.07 Å². The van der Waals surface area contributed by atoms with Gasteiger partial charge in [0.05, 0.1) is 27.4 Å². The van der Waals surface area contributed by atoms with Crippen molar-refractivity contribution in [3.63, 3.8) is 0 Å². The number of halogens is 4. The second kappa shape index (κ2) is 8.58. The van der Waals surface area contributed by atoms with Gasteiger partial charge in [0.15, 0.2) is 5.82 Å². The summed E-state index contributed by atoms with van der Waals surface area (Å²) in [5, 5.41) is 3.63. The van der Waals surface area contributed by atoms with Gasteiger partial charge in [-0.3, -0.25) is 4.79 Å². The number of pyridine rings is 1. The van der Waals surface area contributed by atoms with Crippen molar-refractivity contribution in [2.24, 2.45) is 11.1 Å². The van der Waals surface area contributed by atoms with Gasteiger partial charge < -0.3 is 10.5 Å². The average Bonchev–Trinajstić information content (AvgIpc) is 3.43. The number of ether oxygens (including phenoxy) is 1. The zero-order valence-corrected chi connectivity index (χ0v) is 19.0. The molecule has 0 bridgehead atoms. The molecule has 2 heterocycles. The highest BCUT2D eigenvalue weighted by molar-refractivity contribution is 7.91. The molecule has 3 aromatic rings. The van der Waals surface area contributed by atoms with Crippen LogP contribution in [0.1, 0.15) is 29.6 Å². The summed E-state index contributed by atoms with van der Waals surface area (Å²) in [6, 6.07) is 9.83. The van der Waals surface area contributed by atoms with E-state index in [2.05, 4.69) is 10.1 Å². The molecule has 0 radical (unpaired) electrons. The second-order valence-electron chi connectivity index (χ2n) is 7.80. The van der Waals surface area contributed by atoms with E-state index in [1.165, 1.54) is 36.5 Å². The molecule has 1 aliphatic carbocycles. The Bertz CT molecular complexity index is 1340. The van der Waals surface area contributed by atoms with E-state index in [-0.39, 0.29) is 42.5 Å². The SMILES string of the molecule is NC(=O)c1c(S(=O)(=O)c2ccccc2)cc(-n2ccc(OCCC3(C(F)(F)F)CC3)n2)nc1Cl. The maximum atomic E-state index is 13.2. The number of aromatic nitrogens is 3. The summed E-state index contributed by atoms with van der Waals surface area (Å²) in [7, 11) is -4.20. The Kier molecular flexibility index (Phi) is 6.06. The van der Waals surface area contributed by atoms with Crippen LogP contribution in [0.25, 0.3) is 5.82 Å². The third kappa shape index (κ3) is 4.47. The summed E-state index contributed by atoms with van der Waals surface area (Å²) < 4.78 is 72.0. The van der Waals surface area contributed by atoms with Gasteiger partial charge in [-0.1, -0.05) is 29.8 Å². The first-order valence-corrected chi connectivity index (χ1v) is 11.9. The van der Waals surface area contributed by atoms with Gasteiger partial charge in [0.2, 0.25) is 15.7 Å². The lowest BCUT2D eigenvalue weighted by Crippen LogP contribution is -2.26. The zero-order chi connectivity index (χ0) is 24.7. The minimum atomic E-state index is -4.28. The number of rotatable bonds is 8. The van der Waals surface area contributed by atoms with Crippen molar-refractivity contribution in [2.45, 2.75) is 35.2 Å². The maximum Gasteiger partial charge on any atom is 0.394 e. The van der Waals surface area contributed by atoms with E-state index in [0.29, 0.717) is 0 Å². The summed E-state index contributed by atoms with van der Waals surface area (Å²) in [5.41, 5.74) is 3.19. The Morgan fingerprint density at radius 3 is 2.47 bits per heavy atom. The lowest BCUT2D eigenvalue weighted by atomic mass is 10.0. The van der Waals surface area contributed by atoms with E-state index >= 15 is 0 Å². The average molecular weight is 515 g/mol. The molecule has 2 aromatic heterocycles. The van der Waals surface area contributed by atoms with Gasteiger partial charge in [0.25, 0.3) is 5.91 Å². The fourth-order valence-electron chi connectivity index (χ4n) is 3.45. The summed E-state index contributed by atoms with van der Waals surface area (Å²) in [5.74, 6) is -1.13. The standard InChI is InChI=1S/C21H18ClF3N4O4S/c22-18-17(19(26)30)14(34(31,32)13-4-2-1-3-5-13)12-15(27-18)29-10-6-16(28-29)33-11-9-20(7-8-20)21(23,24)25/h1-6,10,12H,7-9,11H2,(H2,26,30). The first-order chi connectivity index (χ1) is 15.9. The molecule has 1 saturated carbocycles. The fourth-order valence-corrected chi connectivity index (χ4v) is 5.28. The molecule has 0 aliphatic heterocycles. The second-order valence-corrected chi connectivity index (χ2v) is 10.1. The van der Waals surface area contributed by atoms with Gasteiger partial charge in [-0.15, -0.1) is 5.10 Å². The van der Waals surface area contributed by atoms with Crippen LogP contribution in [0.2, 0.25) is 5.15 Å². The van der Waals surface area contributed by atoms with Crippen molar-refractivity contribution in [2.75, 3.05) is 6.61 Å². The van der Waals surface area contributed by atoms with E-state index in [9.17, 15) is 26.4 Å². The smallest absolute Gasteiger partial charge is 0.394 e. The Hall–Kier alpha value is -3.12. The topological polar surface area (TPSA) is 117 Å². The van der Waals surface area contributed by atoms with Crippen molar-refractivity contribution in [1.29, 1.82) is 0 Å². The van der Waals surface area contributed by atoms with Gasteiger partial charge in [0, 0.05) is 18.3 Å². The molecule has 4 rings (SSSR count). The number of alkyl halides is 3. The summed E-state index contributed by atoms with van der Waals surface area (Å²) in [4.78, 5) is 15.4. The molecule has 180 valence electrons. The molecular formula is C21H18ClF3N4O4S. The van der Waals surface area contributed by atoms with Crippen LogP contribution < -0.4 is 10.5 Å². The molecule has 0 unspecified atom stereocenters. The van der Waals surface area contributed by atoms with E-state index in [4.69, 9.17) is 22.1 Å². The van der Waals surface area contributed by atoms with Crippen LogP contribution in [-0.2, 0) is 9.84 Å². The number of benzene rings is 1. The first kappa shape index (κ1) is 24.0. The largest absolute Gasteiger partial charge is 0.477 e. The highest BCUT2D eigenvalue weighted by atomic mass is 35.5. The van der Waals surface area contributed by atoms with Gasteiger partial charge in [-0.2, -0.15) is 13.2 Å². The monoisotopic (exact) mass is 514 g/mol. The van der Waals surface area contributed by atoms with Gasteiger partial charge in [-0.05, 0) is 31.4 Å². The number of amides is 1. The van der Waals surface area contributed by atoms with Crippen LogP contribution in [-0.4, -0.2) is 41.9 Å². The van der Waals surface area contributed by atoms with Crippen molar-refractivity contribution >= 4 is 27.3 Å². The van der Waals surface area contributed by atoms with Crippen LogP contribution in [0.4, 0.5) is 13.2 Å². The minimum absolute atomic E-state index is 0.0161. The normalized spacial score (nSPS) is 15.2. The molecule has 8 nitrogen and oxygen atoms in total. The van der Waals surface area contributed by atoms with Crippen molar-refractivity contribution < 1.29 is 31.1 Å². The predicted octanol–water partition coefficient (Wildman–Crippen LogP) is 3.96. The molecule has 0 atom stereocenters. The van der Waals surface area contributed by atoms with Crippen molar-refractivity contribution in [1.82, 2.24) is 14.8 Å². The molecule has 1 aromatic carbocycles. The lowest BCUT2D eigenvalue weighted by molar-refractivity contribution is -0.190. The number of hydrogen-bond donors (Lipinski definition) is 1. The number of hydrogen-bond acceptors (Lipinski definition) is 6. The van der Waals surface area contributed by atoms with Crippen LogP contribution in [0.5, 0.6) is 5.88 Å². The van der Waals surface area contributed by atoms with Crippen LogP contribution in [0, 0.1) is 5.41 Å². The maximum absolute atomic E-state index is 13.2. The van der Waals surface area contributed by atoms with E-state index in [0.717, 1.165) is 10.7 Å². The van der Waals surface area contributed by atoms with Gasteiger partial charge >= 0.3 is 6.18 Å². The quantitative estimate of drug-likeness (QED) is 0.455. The number of carbonyl (C=O) groups is 1. The zero-order valence-electron chi connectivity index (χ0n) is 17.4. The summed E-state index contributed by atoms with van der Waals surface area (Å²) >= 11 is 6.11. The number of carbonyl (C=O) groups excluding carboxylic acids is 1. The van der Waals surface area contributed by atoms with Crippen LogP contribution in [0.3, 0.4) is 0 Å². The third-order valence-electron chi connectivity index (χ3n) is 5.60. The Morgan fingerprint density at radius 1 is 1.21 bits per heavy atom. The van der Waals surface area contributed by atoms with Crippen molar-refractivity contribution in [3.05, 3.63) is 59.4 Å². The van der Waals surface area contributed by atoms with Crippen LogP contribution in [0.15, 0.2) is 58.5 Å². The Labute approximate surface area is 197 Å². The number of sulfone groups is 1. The molecular weight excluding hydrogens is 497 g/mol. The van der Waals surface area contributed by atoms with Gasteiger partial charge in [0.1, 0.15) is 5.15 Å². The third-order valence-corrected chi connectivity index (χ3v) is 7.67. The molecule has 1 amide bonds. The summed E-state index contributed by atoms with van der Waals surface area (Å²) in [6.45, 7) is -0.195. The summed E-state index contributed by atoms with van der Waals surface area (Å²) in [6.07, 6.45) is -2.96. The number of nitrogens with two attached hydrogens (primary N) is 1. The number of primary amides is 1. The molecule has 2 N–H and O–H groups in total. The highest BCUT2D eigenvalue weighted by Crippen LogP contribution is 2.59. The van der Waals surface area contributed by atoms with Gasteiger partial charge in [-0.25, -0.2) is 18.1 Å². The Morgan fingerprint density at radius 2 is 1.88 bits per heavy atom. The highest BCUT2D eigenvalue weighted by Gasteiger charge is 2.62. The number of nitrogens with zero attached hydrogens (tertiary/aromatic N) is 3. The first-order valence-electron chi connectivity index (χ1n) is 10.0. The molecule has 0 spiro atoms. The fraction of sp³-hybridized carbons (Fsp3) is 0.286. The predicted molar refractivity (Wildman–Crippen MR) is 115 cm³/mol. The molecule has 1 aliphatic rings. The minimum Gasteiger partial charge on any atom is -0.477 e. The molecule has 0 saturated heterocycles. The lowest BCUT2D eigenvalue weighted by Gasteiger charge is -2.18.